The van der Waals surface area contributed by atoms with Crippen LogP contribution in [0, 0.1) is 0 Å². The van der Waals surface area contributed by atoms with Gasteiger partial charge in [0, 0.05) is 23.1 Å². The summed E-state index contributed by atoms with van der Waals surface area (Å²) in [6, 6.07) is 0.231. The van der Waals surface area contributed by atoms with Crippen molar-refractivity contribution in [2.45, 2.75) is 32.1 Å². The van der Waals surface area contributed by atoms with E-state index in [1.165, 1.54) is 0 Å². The SMILES string of the molecule is CC(C)n1nc(C(=O)O)c2c1CCSC2. The van der Waals surface area contributed by atoms with Crippen LogP contribution in [-0.4, -0.2) is 26.6 Å². The van der Waals surface area contributed by atoms with Gasteiger partial charge in [-0.25, -0.2) is 4.79 Å². The molecular formula is C10H14N2O2S. The van der Waals surface area contributed by atoms with E-state index in [1.807, 2.05) is 18.5 Å². The van der Waals surface area contributed by atoms with Crippen LogP contribution in [0.1, 0.15) is 41.6 Å². The molecule has 0 atom stereocenters. The molecule has 0 bridgehead atoms. The molecule has 1 aliphatic heterocycles. The molecule has 1 aromatic heterocycles. The van der Waals surface area contributed by atoms with Gasteiger partial charge in [0.05, 0.1) is 0 Å². The Morgan fingerprint density at radius 1 is 1.60 bits per heavy atom. The van der Waals surface area contributed by atoms with Crippen molar-refractivity contribution < 1.29 is 9.90 Å². The number of hydrogen-bond donors (Lipinski definition) is 1. The van der Waals surface area contributed by atoms with E-state index >= 15 is 0 Å². The van der Waals surface area contributed by atoms with Gasteiger partial charge in [-0.3, -0.25) is 4.68 Å². The highest BCUT2D eigenvalue weighted by molar-refractivity contribution is 7.98. The number of carbonyl (C=O) groups is 1. The summed E-state index contributed by atoms with van der Waals surface area (Å²) in [5, 5.41) is 13.2. The zero-order valence-electron chi connectivity index (χ0n) is 8.86. The van der Waals surface area contributed by atoms with Crippen molar-refractivity contribution in [1.29, 1.82) is 0 Å². The molecule has 82 valence electrons. The van der Waals surface area contributed by atoms with Crippen LogP contribution in [-0.2, 0) is 12.2 Å². The summed E-state index contributed by atoms with van der Waals surface area (Å²) in [6.07, 6.45) is 0.929. The van der Waals surface area contributed by atoms with Gasteiger partial charge >= 0.3 is 5.97 Å². The highest BCUT2D eigenvalue weighted by atomic mass is 32.2. The lowest BCUT2D eigenvalue weighted by Crippen LogP contribution is -2.11. The quantitative estimate of drug-likeness (QED) is 0.837. The van der Waals surface area contributed by atoms with Gasteiger partial charge in [-0.15, -0.1) is 0 Å². The van der Waals surface area contributed by atoms with E-state index in [9.17, 15) is 4.79 Å². The van der Waals surface area contributed by atoms with Crippen molar-refractivity contribution >= 4 is 17.7 Å². The largest absolute Gasteiger partial charge is 0.476 e. The fourth-order valence-electron chi connectivity index (χ4n) is 1.86. The van der Waals surface area contributed by atoms with Crippen LogP contribution < -0.4 is 0 Å². The summed E-state index contributed by atoms with van der Waals surface area (Å²) >= 11 is 1.78. The minimum atomic E-state index is -0.909. The van der Waals surface area contributed by atoms with Crippen LogP contribution in [0.3, 0.4) is 0 Å². The lowest BCUT2D eigenvalue weighted by atomic mass is 10.1. The van der Waals surface area contributed by atoms with Gasteiger partial charge in [-0.1, -0.05) is 0 Å². The molecule has 0 saturated carbocycles. The van der Waals surface area contributed by atoms with E-state index < -0.39 is 5.97 Å². The maximum absolute atomic E-state index is 11.0. The summed E-state index contributed by atoms with van der Waals surface area (Å²) in [6.45, 7) is 4.06. The fourth-order valence-corrected chi connectivity index (χ4v) is 2.85. The average Bonchev–Trinajstić information content (AvgIpc) is 2.56. The number of hydrogen-bond acceptors (Lipinski definition) is 3. The molecule has 0 aliphatic carbocycles. The zero-order chi connectivity index (χ0) is 11.0. The van der Waals surface area contributed by atoms with Crippen molar-refractivity contribution in [2.75, 3.05) is 5.75 Å². The smallest absolute Gasteiger partial charge is 0.356 e. The minimum absolute atomic E-state index is 0.231. The Morgan fingerprint density at radius 3 is 2.93 bits per heavy atom. The standard InChI is InChI=1S/C10H14N2O2S/c1-6(2)12-8-3-4-15-5-7(8)9(11-12)10(13)14/h6H,3-5H2,1-2H3,(H,13,14). The third-order valence-corrected chi connectivity index (χ3v) is 3.53. The molecule has 15 heavy (non-hydrogen) atoms. The molecule has 0 amide bonds. The second-order valence-electron chi connectivity index (χ2n) is 3.92. The first-order valence-corrected chi connectivity index (χ1v) is 6.18. The molecule has 2 heterocycles. The van der Waals surface area contributed by atoms with E-state index in [-0.39, 0.29) is 11.7 Å². The molecule has 0 unspecified atom stereocenters. The van der Waals surface area contributed by atoms with Crippen LogP contribution >= 0.6 is 11.8 Å². The van der Waals surface area contributed by atoms with Crippen LogP contribution in [0.5, 0.6) is 0 Å². The van der Waals surface area contributed by atoms with Crippen molar-refractivity contribution in [2.24, 2.45) is 0 Å². The van der Waals surface area contributed by atoms with Gasteiger partial charge in [-0.05, 0) is 26.0 Å². The number of rotatable bonds is 2. The molecule has 4 nitrogen and oxygen atoms in total. The molecule has 2 rings (SSSR count). The number of thioether (sulfide) groups is 1. The van der Waals surface area contributed by atoms with Crippen LogP contribution in [0.25, 0.3) is 0 Å². The van der Waals surface area contributed by atoms with Crippen LogP contribution in [0.4, 0.5) is 0 Å². The Morgan fingerprint density at radius 2 is 2.33 bits per heavy atom. The van der Waals surface area contributed by atoms with Gasteiger partial charge in [-0.2, -0.15) is 16.9 Å². The molecule has 0 saturated heterocycles. The van der Waals surface area contributed by atoms with Crippen molar-refractivity contribution in [1.82, 2.24) is 9.78 Å². The Labute approximate surface area is 92.7 Å². The highest BCUT2D eigenvalue weighted by Crippen LogP contribution is 2.29. The van der Waals surface area contributed by atoms with Gasteiger partial charge in [0.25, 0.3) is 0 Å². The lowest BCUT2D eigenvalue weighted by molar-refractivity contribution is 0.0688. The van der Waals surface area contributed by atoms with Gasteiger partial charge < -0.3 is 5.11 Å². The van der Waals surface area contributed by atoms with E-state index in [4.69, 9.17) is 5.11 Å². The van der Waals surface area contributed by atoms with Crippen molar-refractivity contribution in [3.63, 3.8) is 0 Å². The maximum atomic E-state index is 11.0. The predicted octanol–water partition coefficient (Wildman–Crippen LogP) is 1.95. The highest BCUT2D eigenvalue weighted by Gasteiger charge is 2.25. The number of nitrogens with zero attached hydrogens (tertiary/aromatic N) is 2. The third kappa shape index (κ3) is 1.76. The topological polar surface area (TPSA) is 55.1 Å². The van der Waals surface area contributed by atoms with E-state index in [2.05, 4.69) is 5.10 Å². The summed E-state index contributed by atoms with van der Waals surface area (Å²) in [4.78, 5) is 11.0. The van der Waals surface area contributed by atoms with Crippen LogP contribution in [0.2, 0.25) is 0 Å². The first-order chi connectivity index (χ1) is 7.11. The minimum Gasteiger partial charge on any atom is -0.476 e. The normalized spacial score (nSPS) is 15.4. The number of carboxylic acid groups (broad SMARTS) is 1. The first-order valence-electron chi connectivity index (χ1n) is 5.02. The first kappa shape index (κ1) is 10.5. The third-order valence-electron chi connectivity index (χ3n) is 2.54. The molecule has 1 aliphatic rings. The van der Waals surface area contributed by atoms with Gasteiger partial charge in [0.2, 0.25) is 0 Å². The van der Waals surface area contributed by atoms with Crippen molar-refractivity contribution in [3.8, 4) is 0 Å². The molecule has 0 spiro atoms. The predicted molar refractivity (Wildman–Crippen MR) is 59.4 cm³/mol. The number of fused-ring (bicyclic) bond motifs is 1. The molecule has 1 aromatic rings. The second kappa shape index (κ2) is 3.89. The molecule has 5 heteroatoms. The second-order valence-corrected chi connectivity index (χ2v) is 5.03. The zero-order valence-corrected chi connectivity index (χ0v) is 9.67. The Balaban J connectivity index is 2.54. The molecule has 1 N–H and O–H groups in total. The number of aromatic nitrogens is 2. The Bertz CT molecular complexity index is 398. The summed E-state index contributed by atoms with van der Waals surface area (Å²) < 4.78 is 1.86. The number of aromatic carboxylic acids is 1. The summed E-state index contributed by atoms with van der Waals surface area (Å²) in [5.74, 6) is 0.932. The average molecular weight is 226 g/mol. The lowest BCUT2D eigenvalue weighted by Gasteiger charge is -2.15. The number of carboxylic acids is 1. The van der Waals surface area contributed by atoms with E-state index in [0.717, 1.165) is 29.2 Å². The molecular weight excluding hydrogens is 212 g/mol. The van der Waals surface area contributed by atoms with Gasteiger partial charge in [0.1, 0.15) is 0 Å². The van der Waals surface area contributed by atoms with Crippen molar-refractivity contribution in [3.05, 3.63) is 17.0 Å². The van der Waals surface area contributed by atoms with Crippen LogP contribution in [0.15, 0.2) is 0 Å². The molecule has 0 radical (unpaired) electrons. The molecule has 0 fully saturated rings. The van der Waals surface area contributed by atoms with E-state index in [1.54, 1.807) is 11.8 Å². The fraction of sp³-hybridized carbons (Fsp3) is 0.600. The Kier molecular flexibility index (Phi) is 2.73. The van der Waals surface area contributed by atoms with Gasteiger partial charge in [0.15, 0.2) is 5.69 Å². The maximum Gasteiger partial charge on any atom is 0.356 e. The molecule has 0 aromatic carbocycles. The monoisotopic (exact) mass is 226 g/mol. The Hall–Kier alpha value is -0.970. The summed E-state index contributed by atoms with van der Waals surface area (Å²) in [7, 11) is 0. The summed E-state index contributed by atoms with van der Waals surface area (Å²) in [5.41, 5.74) is 2.28. The van der Waals surface area contributed by atoms with E-state index in [0.29, 0.717) is 0 Å².